The highest BCUT2D eigenvalue weighted by Gasteiger charge is 2.13. The first-order valence-electron chi connectivity index (χ1n) is 5.35. The molecule has 1 N–H and O–H groups in total. The topological polar surface area (TPSA) is 67.8 Å². The molecule has 0 aliphatic rings. The zero-order valence-corrected chi connectivity index (χ0v) is 10.6. The van der Waals surface area contributed by atoms with Gasteiger partial charge in [0.25, 0.3) is 0 Å². The van der Waals surface area contributed by atoms with Gasteiger partial charge < -0.3 is 0 Å². The van der Waals surface area contributed by atoms with Crippen LogP contribution >= 0.6 is 11.8 Å². The molecule has 0 saturated carbocycles. The quantitative estimate of drug-likeness (QED) is 0.768. The Balaban J connectivity index is 2.73. The van der Waals surface area contributed by atoms with Gasteiger partial charge in [0, 0.05) is 18.2 Å². The number of hydrogen-bond acceptors (Lipinski definition) is 4. The number of carbonyl (C=O) groups is 1. The molecule has 1 aromatic rings. The molecule has 1 rings (SSSR count). The lowest BCUT2D eigenvalue weighted by atomic mass is 10.2. The van der Waals surface area contributed by atoms with Crippen molar-refractivity contribution in [2.45, 2.75) is 50.6 Å². The number of nitrogens with one attached hydrogen (secondary N) is 1. The van der Waals surface area contributed by atoms with Crippen LogP contribution in [-0.4, -0.2) is 25.8 Å². The van der Waals surface area contributed by atoms with E-state index in [1.165, 1.54) is 11.8 Å². The van der Waals surface area contributed by atoms with E-state index < -0.39 is 0 Å². The second kappa shape index (κ2) is 5.89. The molecule has 0 fully saturated rings. The third-order valence-corrected chi connectivity index (χ3v) is 3.14. The lowest BCUT2D eigenvalue weighted by Crippen LogP contribution is -2.18. The molecule has 1 unspecified atom stereocenters. The number of aromatic nitrogens is 3. The van der Waals surface area contributed by atoms with Crippen molar-refractivity contribution in [1.29, 1.82) is 0 Å². The van der Waals surface area contributed by atoms with Crippen LogP contribution in [-0.2, 0) is 11.3 Å². The fourth-order valence-electron chi connectivity index (χ4n) is 1.44. The highest BCUT2D eigenvalue weighted by Crippen LogP contribution is 2.22. The summed E-state index contributed by atoms with van der Waals surface area (Å²) in [6, 6.07) is 0. The van der Waals surface area contributed by atoms with E-state index in [1.807, 2.05) is 13.8 Å². The predicted molar refractivity (Wildman–Crippen MR) is 63.8 cm³/mol. The third-order valence-electron chi connectivity index (χ3n) is 2.05. The van der Waals surface area contributed by atoms with Gasteiger partial charge >= 0.3 is 5.69 Å². The van der Waals surface area contributed by atoms with Gasteiger partial charge in [0.15, 0.2) is 5.16 Å². The summed E-state index contributed by atoms with van der Waals surface area (Å²) in [6.45, 7) is 6.19. The smallest absolute Gasteiger partial charge is 0.300 e. The second-order valence-electron chi connectivity index (χ2n) is 3.80. The average molecular weight is 243 g/mol. The maximum Gasteiger partial charge on any atom is 0.343 e. The first-order chi connectivity index (χ1) is 7.54. The van der Waals surface area contributed by atoms with Crippen LogP contribution in [0.15, 0.2) is 9.95 Å². The molecule has 1 aromatic heterocycles. The molecule has 0 saturated heterocycles. The van der Waals surface area contributed by atoms with E-state index in [0.717, 1.165) is 6.42 Å². The Morgan fingerprint density at radius 3 is 2.88 bits per heavy atom. The van der Waals surface area contributed by atoms with Gasteiger partial charge in [-0.1, -0.05) is 25.6 Å². The normalized spacial score (nSPS) is 12.7. The van der Waals surface area contributed by atoms with Gasteiger partial charge in [0.2, 0.25) is 0 Å². The summed E-state index contributed by atoms with van der Waals surface area (Å²) in [5.41, 5.74) is -0.181. The number of aromatic amines is 1. The fourth-order valence-corrected chi connectivity index (χ4v) is 2.52. The Hall–Kier alpha value is -1.04. The molecule has 5 nitrogen and oxygen atoms in total. The molecule has 0 amide bonds. The zero-order valence-electron chi connectivity index (χ0n) is 9.82. The van der Waals surface area contributed by atoms with Crippen LogP contribution < -0.4 is 5.69 Å². The van der Waals surface area contributed by atoms with E-state index in [9.17, 15) is 9.59 Å². The van der Waals surface area contributed by atoms with Crippen molar-refractivity contribution >= 4 is 17.5 Å². The van der Waals surface area contributed by atoms with Crippen LogP contribution in [0.3, 0.4) is 0 Å². The third kappa shape index (κ3) is 3.52. The first kappa shape index (κ1) is 13.0. The van der Waals surface area contributed by atoms with Gasteiger partial charge in [-0.15, -0.1) is 5.10 Å². The molecule has 90 valence electrons. The minimum Gasteiger partial charge on any atom is -0.300 e. The van der Waals surface area contributed by atoms with E-state index in [0.29, 0.717) is 18.1 Å². The summed E-state index contributed by atoms with van der Waals surface area (Å²) in [5, 5.41) is 7.20. The van der Waals surface area contributed by atoms with Crippen molar-refractivity contribution in [1.82, 2.24) is 14.8 Å². The molecule has 0 aliphatic heterocycles. The molecule has 0 aliphatic carbocycles. The summed E-state index contributed by atoms with van der Waals surface area (Å²) in [7, 11) is 0. The van der Waals surface area contributed by atoms with Gasteiger partial charge in [0.05, 0.1) is 0 Å². The van der Waals surface area contributed by atoms with Crippen molar-refractivity contribution in [2.75, 3.05) is 0 Å². The molecule has 1 atom stereocenters. The lowest BCUT2D eigenvalue weighted by Gasteiger charge is -2.08. The SMILES string of the molecule is CCCn1c(SC(C)CC(C)=O)n[nH]c1=O. The Bertz CT molecular complexity index is 410. The Morgan fingerprint density at radius 2 is 2.31 bits per heavy atom. The number of rotatable bonds is 6. The molecule has 0 aromatic carbocycles. The molecule has 16 heavy (non-hydrogen) atoms. The number of carbonyl (C=O) groups excluding carboxylic acids is 1. The van der Waals surface area contributed by atoms with E-state index in [4.69, 9.17) is 0 Å². The largest absolute Gasteiger partial charge is 0.343 e. The second-order valence-corrected chi connectivity index (χ2v) is 5.20. The monoisotopic (exact) mass is 243 g/mol. The maximum absolute atomic E-state index is 11.4. The number of ketones is 1. The minimum absolute atomic E-state index is 0.142. The van der Waals surface area contributed by atoms with E-state index in [-0.39, 0.29) is 16.7 Å². The number of Topliss-reactive ketones (excluding diaryl/α,β-unsaturated/α-hetero) is 1. The van der Waals surface area contributed by atoms with Crippen molar-refractivity contribution in [3.8, 4) is 0 Å². The summed E-state index contributed by atoms with van der Waals surface area (Å²) in [6.07, 6.45) is 1.38. The highest BCUT2D eigenvalue weighted by atomic mass is 32.2. The van der Waals surface area contributed by atoms with Crippen molar-refractivity contribution in [3.63, 3.8) is 0 Å². The average Bonchev–Trinajstić information content (AvgIpc) is 2.49. The number of H-pyrrole nitrogens is 1. The Morgan fingerprint density at radius 1 is 1.62 bits per heavy atom. The van der Waals surface area contributed by atoms with Gasteiger partial charge in [-0.25, -0.2) is 9.89 Å². The van der Waals surface area contributed by atoms with Crippen LogP contribution in [0.25, 0.3) is 0 Å². The van der Waals surface area contributed by atoms with E-state index in [1.54, 1.807) is 11.5 Å². The van der Waals surface area contributed by atoms with Gasteiger partial charge in [0.1, 0.15) is 5.78 Å². The van der Waals surface area contributed by atoms with Crippen molar-refractivity contribution in [3.05, 3.63) is 10.5 Å². The molecular weight excluding hydrogens is 226 g/mol. The number of thioether (sulfide) groups is 1. The number of nitrogens with zero attached hydrogens (tertiary/aromatic N) is 2. The lowest BCUT2D eigenvalue weighted by molar-refractivity contribution is -0.116. The highest BCUT2D eigenvalue weighted by molar-refractivity contribution is 7.99. The molecule has 6 heteroatoms. The summed E-state index contributed by atoms with van der Waals surface area (Å²) >= 11 is 1.46. The molecule has 0 bridgehead atoms. The Kier molecular flexibility index (Phi) is 4.79. The Labute approximate surface area is 98.6 Å². The fraction of sp³-hybridized carbons (Fsp3) is 0.700. The van der Waals surface area contributed by atoms with Gasteiger partial charge in [-0.05, 0) is 13.3 Å². The van der Waals surface area contributed by atoms with Gasteiger partial charge in [-0.3, -0.25) is 9.36 Å². The van der Waals surface area contributed by atoms with Crippen LogP contribution in [0.5, 0.6) is 0 Å². The summed E-state index contributed by atoms with van der Waals surface area (Å²) < 4.78 is 1.61. The summed E-state index contributed by atoms with van der Waals surface area (Å²) in [5.74, 6) is 0.153. The first-order valence-corrected chi connectivity index (χ1v) is 6.23. The summed E-state index contributed by atoms with van der Waals surface area (Å²) in [4.78, 5) is 22.3. The van der Waals surface area contributed by atoms with Crippen molar-refractivity contribution in [2.24, 2.45) is 0 Å². The van der Waals surface area contributed by atoms with Crippen LogP contribution in [0.1, 0.15) is 33.6 Å². The molecule has 1 heterocycles. The predicted octanol–water partition coefficient (Wildman–Crippen LogP) is 1.44. The molecule has 0 radical (unpaired) electrons. The van der Waals surface area contributed by atoms with Crippen LogP contribution in [0.4, 0.5) is 0 Å². The van der Waals surface area contributed by atoms with Gasteiger partial charge in [-0.2, -0.15) is 0 Å². The van der Waals surface area contributed by atoms with Crippen LogP contribution in [0.2, 0.25) is 0 Å². The molecule has 0 spiro atoms. The number of hydrogen-bond donors (Lipinski definition) is 1. The molecular formula is C10H17N3O2S. The zero-order chi connectivity index (χ0) is 12.1. The van der Waals surface area contributed by atoms with E-state index >= 15 is 0 Å². The van der Waals surface area contributed by atoms with E-state index in [2.05, 4.69) is 10.2 Å². The van der Waals surface area contributed by atoms with Crippen molar-refractivity contribution < 1.29 is 4.79 Å². The standard InChI is InChI=1S/C10H17N3O2S/c1-4-5-13-9(15)11-12-10(13)16-8(3)6-7(2)14/h8H,4-6H2,1-3H3,(H,11,15). The van der Waals surface area contributed by atoms with Crippen LogP contribution in [0, 0.1) is 0 Å². The minimum atomic E-state index is -0.181. The maximum atomic E-state index is 11.4.